The maximum absolute atomic E-state index is 5.89. The summed E-state index contributed by atoms with van der Waals surface area (Å²) in [7, 11) is 0. The normalized spacial score (nSPS) is 9.73. The smallest absolute Gasteiger partial charge is 0.0638 e. The van der Waals surface area contributed by atoms with Gasteiger partial charge in [0.2, 0.25) is 0 Å². The zero-order valence-electron chi connectivity index (χ0n) is 6.20. The van der Waals surface area contributed by atoms with Crippen molar-refractivity contribution in [2.24, 2.45) is 0 Å². The molecule has 0 unspecified atom stereocenters. The van der Waals surface area contributed by atoms with E-state index in [-0.39, 0.29) is 0 Å². The molecule has 0 amide bonds. The monoisotopic (exact) mass is 233 g/mol. The van der Waals surface area contributed by atoms with Crippen LogP contribution in [0.15, 0.2) is 22.7 Å². The lowest BCUT2D eigenvalue weighted by molar-refractivity contribution is 1.21. The summed E-state index contributed by atoms with van der Waals surface area (Å²) in [5.41, 5.74) is 0.976. The molecule has 1 aromatic rings. The van der Waals surface area contributed by atoms with Crippen molar-refractivity contribution < 1.29 is 0 Å². The van der Waals surface area contributed by atoms with Crippen molar-refractivity contribution >= 4 is 33.2 Å². The second kappa shape index (κ2) is 3.98. The van der Waals surface area contributed by atoms with Crippen molar-refractivity contribution in [2.45, 2.75) is 6.92 Å². The van der Waals surface area contributed by atoms with Crippen LogP contribution in [0.2, 0.25) is 5.02 Å². The highest BCUT2D eigenvalue weighted by atomic mass is 79.9. The van der Waals surface area contributed by atoms with E-state index >= 15 is 0 Å². The molecule has 0 fully saturated rings. The zero-order chi connectivity index (χ0) is 8.27. The molecule has 0 aromatic heterocycles. The summed E-state index contributed by atoms with van der Waals surface area (Å²) in [5, 5.41) is 3.91. The first-order valence-electron chi connectivity index (χ1n) is 3.43. The average Bonchev–Trinajstić information content (AvgIpc) is 1.98. The highest BCUT2D eigenvalue weighted by Gasteiger charge is 1.97. The summed E-state index contributed by atoms with van der Waals surface area (Å²) in [5.74, 6) is 0. The van der Waals surface area contributed by atoms with E-state index in [1.165, 1.54) is 0 Å². The van der Waals surface area contributed by atoms with Crippen LogP contribution in [0.5, 0.6) is 0 Å². The van der Waals surface area contributed by atoms with Crippen molar-refractivity contribution in [2.75, 3.05) is 11.9 Å². The molecule has 0 aliphatic heterocycles. The molecule has 1 aromatic carbocycles. The van der Waals surface area contributed by atoms with Gasteiger partial charge >= 0.3 is 0 Å². The fourth-order valence-corrected chi connectivity index (χ4v) is 1.37. The SMILES string of the molecule is CCNc1cc(Br)ccc1Cl. The van der Waals surface area contributed by atoms with Gasteiger partial charge in [0.1, 0.15) is 0 Å². The van der Waals surface area contributed by atoms with Crippen molar-refractivity contribution in [3.8, 4) is 0 Å². The van der Waals surface area contributed by atoms with Gasteiger partial charge in [-0.25, -0.2) is 0 Å². The largest absolute Gasteiger partial charge is 0.384 e. The predicted molar refractivity (Wildman–Crippen MR) is 53.3 cm³/mol. The fourth-order valence-electron chi connectivity index (χ4n) is 0.823. The van der Waals surface area contributed by atoms with Crippen LogP contribution in [0.4, 0.5) is 5.69 Å². The van der Waals surface area contributed by atoms with Gasteiger partial charge in [0, 0.05) is 11.0 Å². The number of halogens is 2. The lowest BCUT2D eigenvalue weighted by Crippen LogP contribution is -1.96. The van der Waals surface area contributed by atoms with E-state index < -0.39 is 0 Å². The van der Waals surface area contributed by atoms with Gasteiger partial charge in [-0.3, -0.25) is 0 Å². The number of anilines is 1. The molecule has 0 spiro atoms. The van der Waals surface area contributed by atoms with Gasteiger partial charge in [-0.2, -0.15) is 0 Å². The minimum atomic E-state index is 0.759. The van der Waals surface area contributed by atoms with E-state index in [4.69, 9.17) is 11.6 Å². The van der Waals surface area contributed by atoms with Crippen LogP contribution in [0, 0.1) is 0 Å². The molecule has 1 rings (SSSR count). The van der Waals surface area contributed by atoms with Crippen LogP contribution in [0.1, 0.15) is 6.92 Å². The first-order chi connectivity index (χ1) is 5.24. The van der Waals surface area contributed by atoms with E-state index in [9.17, 15) is 0 Å². The lowest BCUT2D eigenvalue weighted by atomic mass is 10.3. The van der Waals surface area contributed by atoms with Gasteiger partial charge in [0.25, 0.3) is 0 Å². The Labute approximate surface area is 79.9 Å². The fraction of sp³-hybridized carbons (Fsp3) is 0.250. The molecule has 0 radical (unpaired) electrons. The third-order valence-corrected chi connectivity index (χ3v) is 2.12. The summed E-state index contributed by atoms with van der Waals surface area (Å²) in [6.07, 6.45) is 0. The maximum atomic E-state index is 5.89. The van der Waals surface area contributed by atoms with Crippen LogP contribution in [0.25, 0.3) is 0 Å². The average molecular weight is 235 g/mol. The Bertz CT molecular complexity index is 250. The van der Waals surface area contributed by atoms with Gasteiger partial charge in [-0.15, -0.1) is 0 Å². The summed E-state index contributed by atoms with van der Waals surface area (Å²) >= 11 is 9.26. The molecule has 1 N–H and O–H groups in total. The van der Waals surface area contributed by atoms with Crippen molar-refractivity contribution in [1.82, 2.24) is 0 Å². The van der Waals surface area contributed by atoms with Crippen LogP contribution in [-0.2, 0) is 0 Å². The Morgan fingerprint density at radius 1 is 1.55 bits per heavy atom. The molecule has 3 heteroatoms. The lowest BCUT2D eigenvalue weighted by Gasteiger charge is -2.05. The van der Waals surface area contributed by atoms with E-state index in [2.05, 4.69) is 21.2 Å². The molecule has 0 aliphatic carbocycles. The zero-order valence-corrected chi connectivity index (χ0v) is 8.54. The Kier molecular flexibility index (Phi) is 3.21. The number of hydrogen-bond acceptors (Lipinski definition) is 1. The molecular weight excluding hydrogens is 225 g/mol. The van der Waals surface area contributed by atoms with Crippen molar-refractivity contribution in [1.29, 1.82) is 0 Å². The molecule has 11 heavy (non-hydrogen) atoms. The first kappa shape index (κ1) is 8.88. The van der Waals surface area contributed by atoms with Crippen molar-refractivity contribution in [3.05, 3.63) is 27.7 Å². The number of rotatable bonds is 2. The molecular formula is C8H9BrClN. The third kappa shape index (κ3) is 2.38. The third-order valence-electron chi connectivity index (χ3n) is 1.30. The Morgan fingerprint density at radius 2 is 2.27 bits per heavy atom. The minimum absolute atomic E-state index is 0.759. The van der Waals surface area contributed by atoms with E-state index in [0.29, 0.717) is 0 Å². The summed E-state index contributed by atoms with van der Waals surface area (Å²) in [6, 6.07) is 5.75. The van der Waals surface area contributed by atoms with Crippen LogP contribution < -0.4 is 5.32 Å². The van der Waals surface area contributed by atoms with Crippen LogP contribution >= 0.6 is 27.5 Å². The number of nitrogens with one attached hydrogen (secondary N) is 1. The standard InChI is InChI=1S/C8H9BrClN/c1-2-11-8-5-6(9)3-4-7(8)10/h3-5,11H,2H2,1H3. The van der Waals surface area contributed by atoms with Gasteiger partial charge in [0.15, 0.2) is 0 Å². The summed E-state index contributed by atoms with van der Waals surface area (Å²) < 4.78 is 1.04. The summed E-state index contributed by atoms with van der Waals surface area (Å²) in [4.78, 5) is 0. The van der Waals surface area contributed by atoms with Gasteiger partial charge in [0.05, 0.1) is 10.7 Å². The second-order valence-corrected chi connectivity index (χ2v) is 3.48. The highest BCUT2D eigenvalue weighted by Crippen LogP contribution is 2.25. The number of benzene rings is 1. The topological polar surface area (TPSA) is 12.0 Å². The van der Waals surface area contributed by atoms with Crippen LogP contribution in [0.3, 0.4) is 0 Å². The van der Waals surface area contributed by atoms with Gasteiger partial charge in [-0.05, 0) is 25.1 Å². The van der Waals surface area contributed by atoms with Gasteiger partial charge in [-0.1, -0.05) is 27.5 Å². The molecule has 0 saturated carbocycles. The van der Waals surface area contributed by atoms with Crippen molar-refractivity contribution in [3.63, 3.8) is 0 Å². The maximum Gasteiger partial charge on any atom is 0.0638 e. The Hall–Kier alpha value is -0.210. The molecule has 0 saturated heterocycles. The van der Waals surface area contributed by atoms with Gasteiger partial charge < -0.3 is 5.32 Å². The predicted octanol–water partition coefficient (Wildman–Crippen LogP) is 3.53. The molecule has 0 bridgehead atoms. The molecule has 0 heterocycles. The molecule has 1 nitrogen and oxygen atoms in total. The minimum Gasteiger partial charge on any atom is -0.384 e. The van der Waals surface area contributed by atoms with Crippen LogP contribution in [-0.4, -0.2) is 6.54 Å². The van der Waals surface area contributed by atoms with E-state index in [0.717, 1.165) is 21.7 Å². The number of hydrogen-bond donors (Lipinski definition) is 1. The summed E-state index contributed by atoms with van der Waals surface area (Å²) in [6.45, 7) is 2.92. The second-order valence-electron chi connectivity index (χ2n) is 2.15. The van der Waals surface area contributed by atoms with E-state index in [1.54, 1.807) is 0 Å². The quantitative estimate of drug-likeness (QED) is 0.825. The molecule has 0 atom stereocenters. The molecule has 60 valence electrons. The Morgan fingerprint density at radius 3 is 2.91 bits per heavy atom. The highest BCUT2D eigenvalue weighted by molar-refractivity contribution is 9.10. The first-order valence-corrected chi connectivity index (χ1v) is 4.60. The Balaban J connectivity index is 2.93. The van der Waals surface area contributed by atoms with E-state index in [1.807, 2.05) is 25.1 Å². The molecule has 0 aliphatic rings.